The Morgan fingerprint density at radius 3 is 2.38 bits per heavy atom. The number of hydrogen-bond donors (Lipinski definition) is 4. The van der Waals surface area contributed by atoms with Crippen LogP contribution in [0.2, 0.25) is 0 Å². The highest BCUT2D eigenvalue weighted by Gasteiger charge is 2.25. The predicted octanol–water partition coefficient (Wildman–Crippen LogP) is 4.60. The first kappa shape index (κ1) is 28.9. The van der Waals surface area contributed by atoms with E-state index in [1.807, 2.05) is 44.2 Å². The number of anilines is 3. The van der Waals surface area contributed by atoms with Gasteiger partial charge in [-0.3, -0.25) is 19.5 Å². The molecule has 0 unspecified atom stereocenters. The van der Waals surface area contributed by atoms with Crippen molar-refractivity contribution in [3.63, 3.8) is 0 Å². The molecule has 3 aromatic rings. The van der Waals surface area contributed by atoms with E-state index in [1.165, 1.54) is 4.68 Å². The average Bonchev–Trinajstić information content (AvgIpc) is 3.01. The number of ether oxygens (including phenoxy) is 1. The van der Waals surface area contributed by atoms with E-state index >= 15 is 0 Å². The molecule has 1 amide bonds. The molecule has 1 aromatic heterocycles. The monoisotopic (exact) mass is 549 g/mol. The number of benzene rings is 2. The zero-order valence-electron chi connectivity index (χ0n) is 23.2. The third kappa shape index (κ3) is 6.56. The minimum atomic E-state index is -0.436. The topological polar surface area (TPSA) is 129 Å². The van der Waals surface area contributed by atoms with Gasteiger partial charge in [-0.1, -0.05) is 69.5 Å². The van der Waals surface area contributed by atoms with Crippen molar-refractivity contribution in [3.8, 4) is 5.75 Å². The predicted molar refractivity (Wildman–Crippen MR) is 157 cm³/mol. The van der Waals surface area contributed by atoms with Crippen LogP contribution in [-0.2, 0) is 11.3 Å². The molecule has 2 heterocycles. The molecule has 1 aliphatic heterocycles. The van der Waals surface area contributed by atoms with Gasteiger partial charge in [-0.2, -0.15) is 0 Å². The van der Waals surface area contributed by atoms with E-state index < -0.39 is 11.1 Å². The molecule has 1 saturated carbocycles. The Morgan fingerprint density at radius 1 is 0.975 bits per heavy atom. The fraction of sp³-hybridized carbons (Fsp3) is 0.433. The van der Waals surface area contributed by atoms with Gasteiger partial charge in [0, 0.05) is 19.6 Å². The van der Waals surface area contributed by atoms with E-state index in [-0.39, 0.29) is 40.3 Å². The number of H-pyrrole nitrogens is 1. The maximum absolute atomic E-state index is 13.8. The molecule has 1 saturated heterocycles. The molecular formula is C30H39N5O5. The van der Waals surface area contributed by atoms with E-state index in [0.29, 0.717) is 32.8 Å². The Kier molecular flexibility index (Phi) is 10.0. The molecule has 4 N–H and O–H groups in total. The number of carbonyl (C=O) groups is 1. The van der Waals surface area contributed by atoms with Crippen molar-refractivity contribution in [2.24, 2.45) is 0 Å². The largest absolute Gasteiger partial charge is 0.505 e. The Labute approximate surface area is 234 Å². The maximum Gasteiger partial charge on any atom is 0.291 e. The first-order valence-electron chi connectivity index (χ1n) is 14.2. The fourth-order valence-electron chi connectivity index (χ4n) is 5.11. The second kappa shape index (κ2) is 13.8. The highest BCUT2D eigenvalue weighted by molar-refractivity contribution is 5.99. The first-order chi connectivity index (χ1) is 19.5. The van der Waals surface area contributed by atoms with E-state index in [9.17, 15) is 19.5 Å². The number of morpholine rings is 1. The Bertz CT molecular complexity index is 1390. The summed E-state index contributed by atoms with van der Waals surface area (Å²) in [7, 11) is 0. The smallest absolute Gasteiger partial charge is 0.291 e. The van der Waals surface area contributed by atoms with Gasteiger partial charge >= 0.3 is 0 Å². The third-order valence-corrected chi connectivity index (χ3v) is 7.21. The first-order valence-corrected chi connectivity index (χ1v) is 14.2. The van der Waals surface area contributed by atoms with Gasteiger partial charge in [0.15, 0.2) is 5.75 Å². The Balaban J connectivity index is 0.00000181. The van der Waals surface area contributed by atoms with Crippen molar-refractivity contribution in [1.29, 1.82) is 0 Å². The third-order valence-electron chi connectivity index (χ3n) is 7.21. The van der Waals surface area contributed by atoms with Crippen molar-refractivity contribution in [2.75, 3.05) is 36.9 Å². The van der Waals surface area contributed by atoms with Crippen LogP contribution < -0.4 is 21.8 Å². The SMILES string of the molecule is CC.O=C(c1cccc(Nc2c(NCc3ccccc3)c(=O)[nH]n(C3CCCCC3)c2=O)c1O)N1CCOCC1. The van der Waals surface area contributed by atoms with Gasteiger partial charge in [0.05, 0.1) is 30.5 Å². The number of nitrogens with one attached hydrogen (secondary N) is 3. The summed E-state index contributed by atoms with van der Waals surface area (Å²) >= 11 is 0. The molecule has 1 aliphatic carbocycles. The number of hydrogen-bond acceptors (Lipinski definition) is 7. The number of amides is 1. The number of carbonyl (C=O) groups excluding carboxylic acids is 1. The van der Waals surface area contributed by atoms with Crippen LogP contribution in [-0.4, -0.2) is 52.0 Å². The Morgan fingerprint density at radius 2 is 1.68 bits per heavy atom. The van der Waals surface area contributed by atoms with Crippen LogP contribution >= 0.6 is 0 Å². The van der Waals surface area contributed by atoms with Gasteiger partial charge in [0.2, 0.25) is 0 Å². The number of nitrogens with zero attached hydrogens (tertiary/aromatic N) is 2. The van der Waals surface area contributed by atoms with Gasteiger partial charge < -0.3 is 25.4 Å². The van der Waals surface area contributed by atoms with Crippen LogP contribution in [0.15, 0.2) is 58.1 Å². The summed E-state index contributed by atoms with van der Waals surface area (Å²) in [6.45, 7) is 6.07. The van der Waals surface area contributed by atoms with E-state index in [2.05, 4.69) is 15.7 Å². The van der Waals surface area contributed by atoms with E-state index in [0.717, 1.165) is 37.7 Å². The molecular weight excluding hydrogens is 510 g/mol. The minimum Gasteiger partial charge on any atom is -0.505 e. The Hall–Kier alpha value is -4.05. The number of aromatic amines is 1. The lowest BCUT2D eigenvalue weighted by Gasteiger charge is -2.27. The van der Waals surface area contributed by atoms with Gasteiger partial charge in [0.1, 0.15) is 11.4 Å². The van der Waals surface area contributed by atoms with Crippen LogP contribution in [0.5, 0.6) is 5.75 Å². The van der Waals surface area contributed by atoms with Gasteiger partial charge in [-0.05, 0) is 30.5 Å². The van der Waals surface area contributed by atoms with Crippen LogP contribution in [0.3, 0.4) is 0 Å². The molecule has 2 aliphatic rings. The second-order valence-corrected chi connectivity index (χ2v) is 9.73. The lowest BCUT2D eigenvalue weighted by atomic mass is 9.95. The zero-order chi connectivity index (χ0) is 28.5. The van der Waals surface area contributed by atoms with Crippen molar-refractivity contribution in [2.45, 2.75) is 58.5 Å². The van der Waals surface area contributed by atoms with Gasteiger partial charge in [-0.15, -0.1) is 0 Å². The molecule has 2 aromatic carbocycles. The van der Waals surface area contributed by atoms with Crippen LogP contribution in [0.25, 0.3) is 0 Å². The normalized spacial score (nSPS) is 15.6. The van der Waals surface area contributed by atoms with E-state index in [1.54, 1.807) is 23.1 Å². The van der Waals surface area contributed by atoms with Crippen molar-refractivity contribution >= 4 is 23.0 Å². The molecule has 214 valence electrons. The summed E-state index contributed by atoms with van der Waals surface area (Å²) in [6.07, 6.45) is 4.70. The second-order valence-electron chi connectivity index (χ2n) is 9.73. The quantitative estimate of drug-likeness (QED) is 0.317. The molecule has 5 rings (SSSR count). The molecule has 2 fully saturated rings. The lowest BCUT2D eigenvalue weighted by Crippen LogP contribution is -2.40. The summed E-state index contributed by atoms with van der Waals surface area (Å²) in [6, 6.07) is 14.2. The summed E-state index contributed by atoms with van der Waals surface area (Å²) in [4.78, 5) is 41.7. The highest BCUT2D eigenvalue weighted by Crippen LogP contribution is 2.33. The molecule has 0 spiro atoms. The number of para-hydroxylation sites is 1. The summed E-state index contributed by atoms with van der Waals surface area (Å²) < 4.78 is 6.74. The molecule has 0 radical (unpaired) electrons. The summed E-state index contributed by atoms with van der Waals surface area (Å²) in [5, 5.41) is 20.0. The van der Waals surface area contributed by atoms with Crippen molar-refractivity contribution < 1.29 is 14.6 Å². The zero-order valence-corrected chi connectivity index (χ0v) is 23.2. The number of aromatic hydroxyl groups is 1. The number of rotatable bonds is 7. The summed E-state index contributed by atoms with van der Waals surface area (Å²) in [5.74, 6) is -0.593. The number of phenols is 1. The maximum atomic E-state index is 13.8. The fourth-order valence-corrected chi connectivity index (χ4v) is 5.11. The minimum absolute atomic E-state index is 0.0292. The molecule has 0 atom stereocenters. The molecule has 40 heavy (non-hydrogen) atoms. The van der Waals surface area contributed by atoms with Crippen LogP contribution in [0.1, 0.15) is 67.9 Å². The number of phenolic OH excluding ortho intramolecular Hbond substituents is 1. The van der Waals surface area contributed by atoms with Crippen LogP contribution in [0.4, 0.5) is 17.1 Å². The lowest BCUT2D eigenvalue weighted by molar-refractivity contribution is 0.0301. The average molecular weight is 550 g/mol. The molecule has 10 nitrogen and oxygen atoms in total. The summed E-state index contributed by atoms with van der Waals surface area (Å²) in [5.41, 5.74) is 0.509. The van der Waals surface area contributed by atoms with Crippen LogP contribution in [0, 0.1) is 0 Å². The van der Waals surface area contributed by atoms with E-state index in [4.69, 9.17) is 4.74 Å². The van der Waals surface area contributed by atoms with Crippen molar-refractivity contribution in [3.05, 3.63) is 80.4 Å². The number of aromatic nitrogens is 2. The molecule has 10 heteroatoms. The molecule has 0 bridgehead atoms. The highest BCUT2D eigenvalue weighted by atomic mass is 16.5. The van der Waals surface area contributed by atoms with Crippen molar-refractivity contribution in [1.82, 2.24) is 14.7 Å². The standard InChI is InChI=1S/C28H33N5O5.C2H6/c34-25-21(27(36)32-14-16-38-17-15-32)12-7-13-22(25)30-24-23(29-18-19-8-3-1-4-9-19)26(35)31-33(28(24)37)20-10-5-2-6-11-20;1-2/h1,3-4,7-9,12-13,20,29-30,34H,2,5-6,10-11,14-18H2,(H,31,35);1-2H3. The van der Waals surface area contributed by atoms with Gasteiger partial charge in [-0.25, -0.2) is 4.68 Å². The van der Waals surface area contributed by atoms with Gasteiger partial charge in [0.25, 0.3) is 17.0 Å².